The van der Waals surface area contributed by atoms with Crippen LogP contribution in [0.15, 0.2) is 18.2 Å². The second-order valence-corrected chi connectivity index (χ2v) is 4.28. The van der Waals surface area contributed by atoms with E-state index in [9.17, 15) is 4.79 Å². The molecule has 0 aliphatic heterocycles. The smallest absolute Gasteiger partial charge is 0.375 e. The van der Waals surface area contributed by atoms with Crippen molar-refractivity contribution < 1.29 is 9.90 Å². The van der Waals surface area contributed by atoms with Crippen LogP contribution in [-0.2, 0) is 6.42 Å². The van der Waals surface area contributed by atoms with Crippen molar-refractivity contribution in [3.63, 3.8) is 0 Å². The zero-order valence-corrected chi connectivity index (χ0v) is 10.8. The number of carbonyl (C=O) groups is 1. The van der Waals surface area contributed by atoms with E-state index in [1.807, 2.05) is 26.0 Å². The lowest BCUT2D eigenvalue weighted by Gasteiger charge is -2.07. The molecule has 0 bridgehead atoms. The number of carboxylic acid groups (broad SMARTS) is 1. The van der Waals surface area contributed by atoms with Crippen LogP contribution in [0.4, 0.5) is 0 Å². The van der Waals surface area contributed by atoms with E-state index < -0.39 is 5.97 Å². The van der Waals surface area contributed by atoms with Gasteiger partial charge in [0.15, 0.2) is 0 Å². The summed E-state index contributed by atoms with van der Waals surface area (Å²) in [5, 5.41) is 13.4. The van der Waals surface area contributed by atoms with Gasteiger partial charge in [0.05, 0.1) is 10.7 Å². The van der Waals surface area contributed by atoms with Crippen LogP contribution in [0.1, 0.15) is 28.9 Å². The predicted octanol–water partition coefficient (Wildman–Crippen LogP) is 2.49. The summed E-state index contributed by atoms with van der Waals surface area (Å²) < 4.78 is 1.48. The normalized spacial score (nSPS) is 10.6. The molecule has 0 unspecified atom stereocenters. The molecule has 1 aromatic carbocycles. The first-order valence-corrected chi connectivity index (χ1v) is 5.86. The third-order valence-electron chi connectivity index (χ3n) is 2.51. The lowest BCUT2D eigenvalue weighted by Crippen LogP contribution is -2.04. The molecule has 0 saturated heterocycles. The molecule has 94 valence electrons. The number of aromatic nitrogens is 3. The number of aryl methyl sites for hydroxylation is 2. The molecule has 2 aromatic rings. The number of hydrogen-bond donors (Lipinski definition) is 1. The van der Waals surface area contributed by atoms with Crippen molar-refractivity contribution in [1.29, 1.82) is 0 Å². The van der Waals surface area contributed by atoms with Gasteiger partial charge in [-0.05, 0) is 24.6 Å². The molecule has 2 rings (SSSR count). The van der Waals surface area contributed by atoms with Crippen LogP contribution in [0.2, 0.25) is 5.02 Å². The zero-order chi connectivity index (χ0) is 13.3. The van der Waals surface area contributed by atoms with Gasteiger partial charge in [-0.15, -0.1) is 5.10 Å². The molecule has 1 aromatic heterocycles. The van der Waals surface area contributed by atoms with Crippen molar-refractivity contribution in [3.8, 4) is 5.69 Å². The van der Waals surface area contributed by atoms with Gasteiger partial charge in [-0.3, -0.25) is 0 Å². The summed E-state index contributed by atoms with van der Waals surface area (Å²) in [5.74, 6) is -0.795. The van der Waals surface area contributed by atoms with Gasteiger partial charge < -0.3 is 5.11 Å². The van der Waals surface area contributed by atoms with E-state index in [-0.39, 0.29) is 5.82 Å². The summed E-state index contributed by atoms with van der Waals surface area (Å²) in [6, 6.07) is 5.49. The Hall–Kier alpha value is -1.88. The van der Waals surface area contributed by atoms with E-state index in [0.29, 0.717) is 23.0 Å². The van der Waals surface area contributed by atoms with Crippen LogP contribution < -0.4 is 0 Å². The molecule has 0 saturated carbocycles. The van der Waals surface area contributed by atoms with Crippen LogP contribution in [0.5, 0.6) is 0 Å². The largest absolute Gasteiger partial charge is 0.475 e. The van der Waals surface area contributed by atoms with Gasteiger partial charge >= 0.3 is 5.97 Å². The molecule has 6 heteroatoms. The van der Waals surface area contributed by atoms with Gasteiger partial charge in [-0.2, -0.15) is 0 Å². The lowest BCUT2D eigenvalue weighted by molar-refractivity contribution is 0.0683. The van der Waals surface area contributed by atoms with E-state index in [4.69, 9.17) is 16.7 Å². The minimum absolute atomic E-state index is 0.218. The SMILES string of the molecule is CCc1nc(C(=O)O)nn1-c1cc(C)ccc1Cl. The fraction of sp³-hybridized carbons (Fsp3) is 0.250. The predicted molar refractivity (Wildman–Crippen MR) is 67.4 cm³/mol. The van der Waals surface area contributed by atoms with Gasteiger partial charge in [0, 0.05) is 6.42 Å². The molecule has 0 atom stereocenters. The Balaban J connectivity index is 2.62. The fourth-order valence-electron chi connectivity index (χ4n) is 1.64. The summed E-state index contributed by atoms with van der Waals surface area (Å²) in [6.45, 7) is 3.82. The molecule has 0 aliphatic carbocycles. The Morgan fingerprint density at radius 3 is 2.83 bits per heavy atom. The summed E-state index contributed by atoms with van der Waals surface area (Å²) >= 11 is 6.11. The van der Waals surface area contributed by atoms with E-state index in [0.717, 1.165) is 5.56 Å². The van der Waals surface area contributed by atoms with E-state index in [1.165, 1.54) is 4.68 Å². The Kier molecular flexibility index (Phi) is 3.34. The molecule has 18 heavy (non-hydrogen) atoms. The summed E-state index contributed by atoms with van der Waals surface area (Å²) in [7, 11) is 0. The molecular formula is C12H12ClN3O2. The highest BCUT2D eigenvalue weighted by Crippen LogP contribution is 2.22. The fourth-order valence-corrected chi connectivity index (χ4v) is 1.84. The van der Waals surface area contributed by atoms with Crippen LogP contribution in [0.3, 0.4) is 0 Å². The average molecular weight is 266 g/mol. The second kappa shape index (κ2) is 4.78. The number of carboxylic acids is 1. The van der Waals surface area contributed by atoms with Crippen LogP contribution in [0, 0.1) is 6.92 Å². The van der Waals surface area contributed by atoms with Crippen molar-refractivity contribution in [2.24, 2.45) is 0 Å². The molecule has 0 aliphatic rings. The van der Waals surface area contributed by atoms with Crippen molar-refractivity contribution in [2.75, 3.05) is 0 Å². The number of aromatic carboxylic acids is 1. The highest BCUT2D eigenvalue weighted by atomic mass is 35.5. The molecule has 0 radical (unpaired) electrons. The Morgan fingerprint density at radius 1 is 1.50 bits per heavy atom. The number of rotatable bonds is 3. The van der Waals surface area contributed by atoms with Crippen molar-refractivity contribution in [1.82, 2.24) is 14.8 Å². The summed E-state index contributed by atoms with van der Waals surface area (Å²) in [6.07, 6.45) is 0.574. The second-order valence-electron chi connectivity index (χ2n) is 3.88. The average Bonchev–Trinajstić information content (AvgIpc) is 2.76. The Morgan fingerprint density at radius 2 is 2.22 bits per heavy atom. The first kappa shape index (κ1) is 12.6. The van der Waals surface area contributed by atoms with Gasteiger partial charge in [-0.1, -0.05) is 24.6 Å². The Labute approximate surface area is 109 Å². The third-order valence-corrected chi connectivity index (χ3v) is 2.83. The maximum atomic E-state index is 10.9. The number of benzene rings is 1. The standard InChI is InChI=1S/C12H12ClN3O2/c1-3-10-14-11(12(17)18)15-16(10)9-6-7(2)4-5-8(9)13/h4-6H,3H2,1-2H3,(H,17,18). The van der Waals surface area contributed by atoms with Gasteiger partial charge in [0.1, 0.15) is 5.82 Å². The highest BCUT2D eigenvalue weighted by molar-refractivity contribution is 6.32. The highest BCUT2D eigenvalue weighted by Gasteiger charge is 2.16. The molecule has 1 N–H and O–H groups in total. The minimum atomic E-state index is -1.15. The van der Waals surface area contributed by atoms with Crippen molar-refractivity contribution >= 4 is 17.6 Å². The van der Waals surface area contributed by atoms with E-state index in [2.05, 4.69) is 10.1 Å². The van der Waals surface area contributed by atoms with Crippen molar-refractivity contribution in [2.45, 2.75) is 20.3 Å². The maximum Gasteiger partial charge on any atom is 0.375 e. The third kappa shape index (κ3) is 2.22. The van der Waals surface area contributed by atoms with E-state index >= 15 is 0 Å². The van der Waals surface area contributed by atoms with Gasteiger partial charge in [0.2, 0.25) is 0 Å². The maximum absolute atomic E-state index is 10.9. The number of hydrogen-bond acceptors (Lipinski definition) is 3. The molecule has 0 amide bonds. The molecule has 0 fully saturated rings. The van der Waals surface area contributed by atoms with Gasteiger partial charge in [0.25, 0.3) is 5.82 Å². The molecular weight excluding hydrogens is 254 g/mol. The summed E-state index contributed by atoms with van der Waals surface area (Å²) in [5.41, 5.74) is 1.66. The quantitative estimate of drug-likeness (QED) is 0.926. The topological polar surface area (TPSA) is 68.0 Å². The van der Waals surface area contributed by atoms with E-state index in [1.54, 1.807) is 6.07 Å². The molecule has 1 heterocycles. The van der Waals surface area contributed by atoms with Crippen molar-refractivity contribution in [3.05, 3.63) is 40.4 Å². The van der Waals surface area contributed by atoms with Gasteiger partial charge in [-0.25, -0.2) is 14.5 Å². The minimum Gasteiger partial charge on any atom is -0.475 e. The first-order chi connectivity index (χ1) is 8.52. The van der Waals surface area contributed by atoms with Crippen LogP contribution in [-0.4, -0.2) is 25.8 Å². The first-order valence-electron chi connectivity index (χ1n) is 5.48. The molecule has 5 nitrogen and oxygen atoms in total. The molecule has 0 spiro atoms. The monoisotopic (exact) mass is 265 g/mol. The van der Waals surface area contributed by atoms with Crippen LogP contribution in [0.25, 0.3) is 5.69 Å². The zero-order valence-electron chi connectivity index (χ0n) is 10.0. The lowest BCUT2D eigenvalue weighted by atomic mass is 10.2. The number of nitrogens with zero attached hydrogens (tertiary/aromatic N) is 3. The Bertz CT molecular complexity index is 607. The summed E-state index contributed by atoms with van der Waals surface area (Å²) in [4.78, 5) is 14.9. The van der Waals surface area contributed by atoms with Crippen LogP contribution >= 0.6 is 11.6 Å². The number of halogens is 1.